The van der Waals surface area contributed by atoms with Gasteiger partial charge >= 0.3 is 0 Å². The molecule has 0 aliphatic carbocycles. The van der Waals surface area contributed by atoms with Gasteiger partial charge in [-0.15, -0.1) is 0 Å². The summed E-state index contributed by atoms with van der Waals surface area (Å²) < 4.78 is 0. The van der Waals surface area contributed by atoms with Crippen molar-refractivity contribution in [2.45, 2.75) is 41.0 Å². The molecule has 1 rings (SSSR count). The molecule has 0 saturated carbocycles. The minimum atomic E-state index is 0.246. The monoisotopic (exact) mass is 236 g/mol. The van der Waals surface area contributed by atoms with Crippen LogP contribution in [0.3, 0.4) is 0 Å². The minimum Gasteiger partial charge on any atom is -0.370 e. The zero-order valence-electron chi connectivity index (χ0n) is 11.6. The Kier molecular flexibility index (Phi) is 4.73. The van der Waals surface area contributed by atoms with Crippen LogP contribution in [-0.2, 0) is 0 Å². The molecule has 4 heteroatoms. The molecule has 2 N–H and O–H groups in total. The summed E-state index contributed by atoms with van der Waals surface area (Å²) in [5.74, 6) is 2.59. The maximum atomic E-state index is 4.38. The van der Waals surface area contributed by atoms with Crippen LogP contribution in [0.5, 0.6) is 0 Å². The van der Waals surface area contributed by atoms with Gasteiger partial charge in [0.15, 0.2) is 0 Å². The Hall–Kier alpha value is -1.32. The average molecular weight is 236 g/mol. The minimum absolute atomic E-state index is 0.246. The van der Waals surface area contributed by atoms with E-state index in [-0.39, 0.29) is 5.41 Å². The van der Waals surface area contributed by atoms with Crippen molar-refractivity contribution in [1.29, 1.82) is 0 Å². The van der Waals surface area contributed by atoms with Gasteiger partial charge in [-0.1, -0.05) is 27.7 Å². The average Bonchev–Trinajstić information content (AvgIpc) is 2.22. The molecular formula is C13H24N4. The fraction of sp³-hybridized carbons (Fsp3) is 0.692. The van der Waals surface area contributed by atoms with Crippen molar-refractivity contribution >= 4 is 11.6 Å². The van der Waals surface area contributed by atoms with Crippen LogP contribution in [0.1, 0.15) is 39.9 Å². The van der Waals surface area contributed by atoms with Crippen LogP contribution in [0.4, 0.5) is 11.6 Å². The molecule has 0 aromatic carbocycles. The quantitative estimate of drug-likeness (QED) is 0.825. The van der Waals surface area contributed by atoms with E-state index in [1.54, 1.807) is 0 Å². The molecule has 0 radical (unpaired) electrons. The number of nitrogens with one attached hydrogen (secondary N) is 2. The van der Waals surface area contributed by atoms with Crippen LogP contribution in [-0.4, -0.2) is 23.1 Å². The summed E-state index contributed by atoms with van der Waals surface area (Å²) in [4.78, 5) is 8.74. The van der Waals surface area contributed by atoms with Crippen molar-refractivity contribution in [3.05, 3.63) is 11.9 Å². The third-order valence-corrected chi connectivity index (χ3v) is 2.19. The highest BCUT2D eigenvalue weighted by atomic mass is 15.1. The maximum Gasteiger partial charge on any atom is 0.131 e. The van der Waals surface area contributed by atoms with Crippen molar-refractivity contribution < 1.29 is 0 Å². The Morgan fingerprint density at radius 3 is 2.24 bits per heavy atom. The second-order valence-electron chi connectivity index (χ2n) is 5.53. The Morgan fingerprint density at radius 2 is 1.71 bits per heavy atom. The Morgan fingerprint density at radius 1 is 1.12 bits per heavy atom. The summed E-state index contributed by atoms with van der Waals surface area (Å²) in [6, 6.07) is 1.97. The molecule has 17 heavy (non-hydrogen) atoms. The van der Waals surface area contributed by atoms with E-state index in [0.717, 1.165) is 37.0 Å². The van der Waals surface area contributed by atoms with E-state index in [1.165, 1.54) is 0 Å². The summed E-state index contributed by atoms with van der Waals surface area (Å²) in [6.45, 7) is 12.5. The van der Waals surface area contributed by atoms with E-state index in [4.69, 9.17) is 0 Å². The molecule has 0 amide bonds. The molecule has 0 saturated heterocycles. The second kappa shape index (κ2) is 5.84. The van der Waals surface area contributed by atoms with E-state index >= 15 is 0 Å². The van der Waals surface area contributed by atoms with E-state index in [2.05, 4.69) is 48.3 Å². The number of nitrogens with zero attached hydrogens (tertiary/aromatic N) is 2. The third-order valence-electron chi connectivity index (χ3n) is 2.19. The predicted octanol–water partition coefficient (Wildman–Crippen LogP) is 3.06. The molecule has 4 nitrogen and oxygen atoms in total. The molecule has 0 aliphatic heterocycles. The fourth-order valence-electron chi connectivity index (χ4n) is 1.36. The zero-order valence-corrected chi connectivity index (χ0v) is 11.6. The lowest BCUT2D eigenvalue weighted by Crippen LogP contribution is -2.20. The zero-order chi connectivity index (χ0) is 12.9. The molecule has 96 valence electrons. The molecule has 1 aromatic heterocycles. The highest BCUT2D eigenvalue weighted by molar-refractivity contribution is 5.47. The van der Waals surface area contributed by atoms with Crippen molar-refractivity contribution in [3.8, 4) is 0 Å². The van der Waals surface area contributed by atoms with Gasteiger partial charge < -0.3 is 10.6 Å². The topological polar surface area (TPSA) is 49.8 Å². The number of hydrogen-bond donors (Lipinski definition) is 2. The molecular weight excluding hydrogens is 212 g/mol. The van der Waals surface area contributed by atoms with Crippen LogP contribution < -0.4 is 10.6 Å². The van der Waals surface area contributed by atoms with Crippen molar-refractivity contribution in [2.75, 3.05) is 23.7 Å². The number of rotatable bonds is 5. The lowest BCUT2D eigenvalue weighted by molar-refractivity contribution is 0.442. The summed E-state index contributed by atoms with van der Waals surface area (Å²) in [5, 5.41) is 6.63. The highest BCUT2D eigenvalue weighted by Crippen LogP contribution is 2.16. The standard InChI is InChI=1S/C13H24N4/c1-6-7-14-11-8-12(17-10(2)16-11)15-9-13(3,4)5/h8H,6-7,9H2,1-5H3,(H2,14,15,16,17). The Labute approximate surface area is 104 Å². The van der Waals surface area contributed by atoms with Crippen molar-refractivity contribution in [2.24, 2.45) is 5.41 Å². The highest BCUT2D eigenvalue weighted by Gasteiger charge is 2.10. The van der Waals surface area contributed by atoms with Gasteiger partial charge in [0, 0.05) is 19.2 Å². The number of anilines is 2. The molecule has 1 aromatic rings. The number of hydrogen-bond acceptors (Lipinski definition) is 4. The van der Waals surface area contributed by atoms with Crippen LogP contribution in [0.25, 0.3) is 0 Å². The summed E-state index contributed by atoms with van der Waals surface area (Å²) in [6.07, 6.45) is 1.09. The van der Waals surface area contributed by atoms with E-state index < -0.39 is 0 Å². The molecule has 0 bridgehead atoms. The van der Waals surface area contributed by atoms with Crippen LogP contribution >= 0.6 is 0 Å². The third kappa shape index (κ3) is 5.52. The van der Waals surface area contributed by atoms with E-state index in [1.807, 2.05) is 13.0 Å². The first-order valence-electron chi connectivity index (χ1n) is 6.24. The first-order chi connectivity index (χ1) is 7.90. The lowest BCUT2D eigenvalue weighted by Gasteiger charge is -2.19. The lowest BCUT2D eigenvalue weighted by atomic mass is 9.97. The van der Waals surface area contributed by atoms with E-state index in [9.17, 15) is 0 Å². The molecule has 1 heterocycles. The first-order valence-corrected chi connectivity index (χ1v) is 6.24. The molecule has 0 spiro atoms. The van der Waals surface area contributed by atoms with Gasteiger partial charge in [-0.3, -0.25) is 0 Å². The van der Waals surface area contributed by atoms with Gasteiger partial charge in [-0.2, -0.15) is 0 Å². The summed E-state index contributed by atoms with van der Waals surface area (Å²) >= 11 is 0. The van der Waals surface area contributed by atoms with Crippen LogP contribution in [0, 0.1) is 12.3 Å². The Balaban J connectivity index is 2.68. The normalized spacial score (nSPS) is 11.4. The van der Waals surface area contributed by atoms with Crippen molar-refractivity contribution in [3.63, 3.8) is 0 Å². The van der Waals surface area contributed by atoms with Crippen molar-refractivity contribution in [1.82, 2.24) is 9.97 Å². The van der Waals surface area contributed by atoms with Gasteiger partial charge in [-0.25, -0.2) is 9.97 Å². The molecule has 0 atom stereocenters. The predicted molar refractivity (Wildman–Crippen MR) is 73.5 cm³/mol. The Bertz CT molecular complexity index is 355. The van der Waals surface area contributed by atoms with Gasteiger partial charge in [0.2, 0.25) is 0 Å². The van der Waals surface area contributed by atoms with Gasteiger partial charge in [0.05, 0.1) is 0 Å². The van der Waals surface area contributed by atoms with Gasteiger partial charge in [-0.05, 0) is 18.8 Å². The number of aryl methyl sites for hydroxylation is 1. The smallest absolute Gasteiger partial charge is 0.131 e. The SMILES string of the molecule is CCCNc1cc(NCC(C)(C)C)nc(C)n1. The van der Waals surface area contributed by atoms with Gasteiger partial charge in [0.25, 0.3) is 0 Å². The maximum absolute atomic E-state index is 4.38. The molecule has 0 fully saturated rings. The summed E-state index contributed by atoms with van der Waals surface area (Å²) in [7, 11) is 0. The van der Waals surface area contributed by atoms with Crippen LogP contribution in [0.2, 0.25) is 0 Å². The molecule has 0 unspecified atom stereocenters. The van der Waals surface area contributed by atoms with Crippen LogP contribution in [0.15, 0.2) is 6.07 Å². The number of aromatic nitrogens is 2. The second-order valence-corrected chi connectivity index (χ2v) is 5.53. The van der Waals surface area contributed by atoms with Gasteiger partial charge in [0.1, 0.15) is 17.5 Å². The first kappa shape index (κ1) is 13.7. The fourth-order valence-corrected chi connectivity index (χ4v) is 1.36. The summed E-state index contributed by atoms with van der Waals surface area (Å²) in [5.41, 5.74) is 0.246. The van der Waals surface area contributed by atoms with E-state index in [0.29, 0.717) is 0 Å². The molecule has 0 aliphatic rings. The largest absolute Gasteiger partial charge is 0.370 e.